The molecule has 4 aliphatic rings. The number of rotatable bonds is 0. The van der Waals surface area contributed by atoms with E-state index in [9.17, 15) is 9.59 Å². The highest BCUT2D eigenvalue weighted by atomic mass is 16.2. The Balaban J connectivity index is 0.000000142. The maximum Gasteiger partial charge on any atom is 0.251 e. The smallest absolute Gasteiger partial charge is 0.251 e. The average Bonchev–Trinajstić information content (AvgIpc) is 3.07. The summed E-state index contributed by atoms with van der Waals surface area (Å²) < 4.78 is 0. The van der Waals surface area contributed by atoms with Crippen LogP contribution in [0, 0.1) is 10.8 Å². The van der Waals surface area contributed by atoms with Crippen molar-refractivity contribution in [2.75, 3.05) is 11.9 Å². The lowest BCUT2D eigenvalue weighted by Gasteiger charge is -2.32. The molecular weight excluding hydrogens is 420 g/mol. The third-order valence-electron chi connectivity index (χ3n) is 7.79. The molecule has 2 spiro atoms. The molecule has 0 radical (unpaired) electrons. The highest BCUT2D eigenvalue weighted by Gasteiger charge is 2.35. The fourth-order valence-corrected chi connectivity index (χ4v) is 6.01. The lowest BCUT2D eigenvalue weighted by Crippen LogP contribution is -2.35. The Morgan fingerprint density at radius 1 is 0.706 bits per heavy atom. The number of amides is 2. The molecule has 2 N–H and O–H groups in total. The molecule has 4 heteroatoms. The van der Waals surface area contributed by atoms with Gasteiger partial charge in [-0.05, 0) is 74.6 Å². The molecule has 34 heavy (non-hydrogen) atoms. The summed E-state index contributed by atoms with van der Waals surface area (Å²) >= 11 is 0. The van der Waals surface area contributed by atoms with Crippen LogP contribution in [0.15, 0.2) is 72.8 Å². The highest BCUT2D eigenvalue weighted by Crippen LogP contribution is 2.41. The third kappa shape index (κ3) is 4.86. The van der Waals surface area contributed by atoms with Gasteiger partial charge in [0, 0.05) is 35.0 Å². The van der Waals surface area contributed by atoms with Crippen LogP contribution >= 0.6 is 0 Å². The molecule has 6 rings (SSSR count). The van der Waals surface area contributed by atoms with E-state index < -0.39 is 0 Å². The lowest BCUT2D eigenvalue weighted by atomic mass is 9.72. The van der Waals surface area contributed by atoms with Crippen molar-refractivity contribution in [3.8, 4) is 0 Å². The summed E-state index contributed by atoms with van der Waals surface area (Å²) in [6.45, 7) is 0.775. The summed E-state index contributed by atoms with van der Waals surface area (Å²) in [5.74, 6) is 0.234. The van der Waals surface area contributed by atoms with Crippen molar-refractivity contribution in [2.45, 2.75) is 57.8 Å². The number of para-hydroxylation sites is 1. The van der Waals surface area contributed by atoms with Crippen LogP contribution in [0.3, 0.4) is 0 Å². The average molecular weight is 455 g/mol. The predicted molar refractivity (Wildman–Crippen MR) is 137 cm³/mol. The fraction of sp³-hybridized carbons (Fsp3) is 0.400. The van der Waals surface area contributed by atoms with Crippen LogP contribution in [-0.2, 0) is 17.6 Å². The van der Waals surface area contributed by atoms with Crippen LogP contribution < -0.4 is 10.6 Å². The second-order valence-electron chi connectivity index (χ2n) is 10.4. The van der Waals surface area contributed by atoms with Crippen LogP contribution in [0.4, 0.5) is 5.69 Å². The Hall–Kier alpha value is -3.14. The number of carbonyl (C=O) groups excluding carboxylic acids is 2. The normalized spacial score (nSPS) is 27.4. The van der Waals surface area contributed by atoms with Gasteiger partial charge in [0.1, 0.15) is 0 Å². The SMILES string of the molecule is O=C1CC2(C=CCCC2)Cc2ccccc2N1.O=C1NCC2(C=CCCC2)Cc2ccccc21. The van der Waals surface area contributed by atoms with Crippen molar-refractivity contribution in [1.29, 1.82) is 0 Å². The largest absolute Gasteiger partial charge is 0.351 e. The van der Waals surface area contributed by atoms with Crippen molar-refractivity contribution in [2.24, 2.45) is 10.8 Å². The topological polar surface area (TPSA) is 58.2 Å². The van der Waals surface area contributed by atoms with E-state index in [2.05, 4.69) is 53.1 Å². The minimum atomic E-state index is 0.0644. The van der Waals surface area contributed by atoms with Crippen LogP contribution in [0.1, 0.15) is 66.4 Å². The molecule has 0 aromatic heterocycles. The molecule has 2 aromatic rings. The van der Waals surface area contributed by atoms with E-state index in [0.29, 0.717) is 6.42 Å². The summed E-state index contributed by atoms with van der Waals surface area (Å²) in [6.07, 6.45) is 18.8. The van der Waals surface area contributed by atoms with Gasteiger partial charge < -0.3 is 10.6 Å². The molecular formula is C30H34N2O2. The maximum atomic E-state index is 12.0. The van der Waals surface area contributed by atoms with E-state index in [1.807, 2.05) is 30.3 Å². The molecule has 0 bridgehead atoms. The van der Waals surface area contributed by atoms with Crippen LogP contribution in [0.25, 0.3) is 0 Å². The molecule has 0 saturated heterocycles. The number of allylic oxidation sites excluding steroid dienone is 3. The molecule has 2 atom stereocenters. The van der Waals surface area contributed by atoms with Gasteiger partial charge in [-0.3, -0.25) is 9.59 Å². The molecule has 2 unspecified atom stereocenters. The van der Waals surface area contributed by atoms with E-state index in [1.165, 1.54) is 36.8 Å². The molecule has 0 saturated carbocycles. The lowest BCUT2D eigenvalue weighted by molar-refractivity contribution is -0.117. The van der Waals surface area contributed by atoms with Gasteiger partial charge in [-0.15, -0.1) is 0 Å². The van der Waals surface area contributed by atoms with E-state index in [4.69, 9.17) is 0 Å². The summed E-state index contributed by atoms with van der Waals surface area (Å²) in [5.41, 5.74) is 4.52. The van der Waals surface area contributed by atoms with Gasteiger partial charge in [-0.1, -0.05) is 60.7 Å². The van der Waals surface area contributed by atoms with Crippen LogP contribution in [0.2, 0.25) is 0 Å². The van der Waals surface area contributed by atoms with Gasteiger partial charge in [-0.2, -0.15) is 0 Å². The molecule has 2 aliphatic heterocycles. The summed E-state index contributed by atoms with van der Waals surface area (Å²) in [6, 6.07) is 16.1. The number of hydrogen-bond donors (Lipinski definition) is 2. The third-order valence-corrected chi connectivity index (χ3v) is 7.79. The Morgan fingerprint density at radius 3 is 2.09 bits per heavy atom. The summed E-state index contributed by atoms with van der Waals surface area (Å²) in [5, 5.41) is 6.09. The molecule has 176 valence electrons. The zero-order valence-electron chi connectivity index (χ0n) is 19.8. The van der Waals surface area contributed by atoms with Crippen molar-refractivity contribution in [3.63, 3.8) is 0 Å². The minimum Gasteiger partial charge on any atom is -0.351 e. The minimum absolute atomic E-state index is 0.0644. The number of nitrogens with one attached hydrogen (secondary N) is 2. The molecule has 2 amide bonds. The molecule has 2 aromatic carbocycles. The Bertz CT molecular complexity index is 1130. The first-order valence-corrected chi connectivity index (χ1v) is 12.7. The van der Waals surface area contributed by atoms with Crippen LogP contribution in [0.5, 0.6) is 0 Å². The van der Waals surface area contributed by atoms with E-state index >= 15 is 0 Å². The van der Waals surface area contributed by atoms with E-state index in [-0.39, 0.29) is 22.6 Å². The Morgan fingerprint density at radius 2 is 1.35 bits per heavy atom. The second kappa shape index (κ2) is 9.61. The molecule has 2 heterocycles. The van der Waals surface area contributed by atoms with Crippen molar-refractivity contribution < 1.29 is 9.59 Å². The van der Waals surface area contributed by atoms with Gasteiger partial charge in [0.15, 0.2) is 0 Å². The zero-order chi connectivity index (χ0) is 23.4. The van der Waals surface area contributed by atoms with Crippen molar-refractivity contribution >= 4 is 17.5 Å². The Kier molecular flexibility index (Phi) is 6.40. The number of fused-ring (bicyclic) bond motifs is 2. The van der Waals surface area contributed by atoms with E-state index in [1.54, 1.807) is 0 Å². The molecule has 2 aliphatic carbocycles. The number of benzene rings is 2. The van der Waals surface area contributed by atoms with Gasteiger partial charge in [0.25, 0.3) is 5.91 Å². The summed E-state index contributed by atoms with van der Waals surface area (Å²) in [7, 11) is 0. The number of anilines is 1. The molecule has 4 nitrogen and oxygen atoms in total. The summed E-state index contributed by atoms with van der Waals surface area (Å²) in [4.78, 5) is 24.0. The number of hydrogen-bond acceptors (Lipinski definition) is 2. The van der Waals surface area contributed by atoms with Crippen LogP contribution in [-0.4, -0.2) is 18.4 Å². The quantitative estimate of drug-likeness (QED) is 0.480. The maximum absolute atomic E-state index is 12.0. The van der Waals surface area contributed by atoms with Crippen molar-refractivity contribution in [1.82, 2.24) is 5.32 Å². The zero-order valence-corrected chi connectivity index (χ0v) is 19.8. The van der Waals surface area contributed by atoms with Gasteiger partial charge in [0.2, 0.25) is 5.91 Å². The first kappa shape index (κ1) is 22.6. The second-order valence-corrected chi connectivity index (χ2v) is 10.4. The van der Waals surface area contributed by atoms with Gasteiger partial charge in [-0.25, -0.2) is 0 Å². The molecule has 0 fully saturated rings. The highest BCUT2D eigenvalue weighted by molar-refractivity contribution is 5.96. The standard InChI is InChI=1S/2C15H17NO/c17-14-13-7-3-2-6-12(13)10-15(11-16-14)8-4-1-5-9-15;17-14-11-15(8-4-1-5-9-15)10-12-6-2-3-7-13(12)16-14/h2*2-4,6-8H,1,5,9-11H2,(H,16,17). The van der Waals surface area contributed by atoms with Crippen molar-refractivity contribution in [3.05, 3.63) is 89.5 Å². The number of carbonyl (C=O) groups is 2. The first-order chi connectivity index (χ1) is 16.6. The Labute approximate surface area is 202 Å². The monoisotopic (exact) mass is 454 g/mol. The van der Waals surface area contributed by atoms with Gasteiger partial charge >= 0.3 is 0 Å². The fourth-order valence-electron chi connectivity index (χ4n) is 6.01. The van der Waals surface area contributed by atoms with E-state index in [0.717, 1.165) is 43.5 Å². The van der Waals surface area contributed by atoms with Gasteiger partial charge in [0.05, 0.1) is 0 Å². The first-order valence-electron chi connectivity index (χ1n) is 12.7. The predicted octanol–water partition coefficient (Wildman–Crippen LogP) is 6.00.